The molecule has 0 aliphatic carbocycles. The predicted molar refractivity (Wildman–Crippen MR) is 94.7 cm³/mol. The van der Waals surface area contributed by atoms with E-state index < -0.39 is 17.3 Å². The predicted octanol–water partition coefficient (Wildman–Crippen LogP) is 1.98. The maximum absolute atomic E-state index is 10.5. The molecule has 0 spiro atoms. The Labute approximate surface area is 151 Å². The zero-order valence-electron chi connectivity index (χ0n) is 16.6. The molecule has 7 heteroatoms. The summed E-state index contributed by atoms with van der Waals surface area (Å²) in [6.45, 7) is 9.59. The summed E-state index contributed by atoms with van der Waals surface area (Å²) in [5.41, 5.74) is -1.04. The molecule has 0 aromatic heterocycles. The first-order valence-electron chi connectivity index (χ1n) is 8.27. The minimum atomic E-state index is -0.550. The highest BCUT2D eigenvalue weighted by Crippen LogP contribution is 2.18. The van der Waals surface area contributed by atoms with Gasteiger partial charge in [-0.1, -0.05) is 12.2 Å². The van der Waals surface area contributed by atoms with Gasteiger partial charge in [-0.25, -0.2) is 0 Å². The third kappa shape index (κ3) is 12.1. The molecule has 0 saturated carbocycles. The molecule has 0 amide bonds. The number of hydrogen-bond acceptors (Lipinski definition) is 7. The molecule has 0 aliphatic heterocycles. The van der Waals surface area contributed by atoms with E-state index in [9.17, 15) is 4.79 Å². The number of hydrogen-bond donors (Lipinski definition) is 0. The molecule has 0 heterocycles. The van der Waals surface area contributed by atoms with Crippen LogP contribution < -0.4 is 0 Å². The van der Waals surface area contributed by atoms with Crippen LogP contribution in [-0.2, 0) is 33.2 Å². The minimum absolute atomic E-state index is 0.114. The van der Waals surface area contributed by atoms with Crippen LogP contribution in [-0.4, -0.2) is 77.6 Å². The lowest BCUT2D eigenvalue weighted by molar-refractivity contribution is -0.143. The van der Waals surface area contributed by atoms with E-state index in [4.69, 9.17) is 28.4 Å². The van der Waals surface area contributed by atoms with Crippen molar-refractivity contribution in [1.82, 2.24) is 0 Å². The number of methoxy groups -OCH3 is 3. The van der Waals surface area contributed by atoms with E-state index in [1.165, 1.54) is 0 Å². The fourth-order valence-corrected chi connectivity index (χ4v) is 1.87. The molecule has 148 valence electrons. The van der Waals surface area contributed by atoms with Gasteiger partial charge in [0.15, 0.2) is 0 Å². The van der Waals surface area contributed by atoms with Crippen molar-refractivity contribution in [2.75, 3.05) is 47.8 Å². The molecule has 25 heavy (non-hydrogen) atoms. The second-order valence-corrected chi connectivity index (χ2v) is 6.78. The van der Waals surface area contributed by atoms with Gasteiger partial charge in [0.25, 0.3) is 6.47 Å². The number of carbonyl (C=O) groups excluding carboxylic acids is 1. The van der Waals surface area contributed by atoms with Gasteiger partial charge in [-0.15, -0.1) is 0 Å². The maximum atomic E-state index is 10.5. The topological polar surface area (TPSA) is 72.5 Å². The van der Waals surface area contributed by atoms with Crippen LogP contribution in [0.25, 0.3) is 0 Å². The fraction of sp³-hybridized carbons (Fsp3) is 0.833. The lowest BCUT2D eigenvalue weighted by Gasteiger charge is -2.28. The van der Waals surface area contributed by atoms with Crippen molar-refractivity contribution >= 4 is 6.47 Å². The Bertz CT molecular complexity index is 380. The first kappa shape index (κ1) is 24.0. The molecule has 7 nitrogen and oxygen atoms in total. The molecule has 0 N–H and O–H groups in total. The van der Waals surface area contributed by atoms with Gasteiger partial charge in [0.05, 0.1) is 37.6 Å². The van der Waals surface area contributed by atoms with Gasteiger partial charge in [-0.2, -0.15) is 0 Å². The second-order valence-electron chi connectivity index (χ2n) is 6.78. The van der Waals surface area contributed by atoms with Crippen molar-refractivity contribution in [1.29, 1.82) is 0 Å². The summed E-state index contributed by atoms with van der Waals surface area (Å²) < 4.78 is 32.0. The first-order chi connectivity index (χ1) is 11.7. The summed E-state index contributed by atoms with van der Waals surface area (Å²) in [5, 5.41) is 0. The van der Waals surface area contributed by atoms with Crippen molar-refractivity contribution in [2.24, 2.45) is 0 Å². The largest absolute Gasteiger partial charge is 0.460 e. The van der Waals surface area contributed by atoms with Gasteiger partial charge in [0, 0.05) is 21.3 Å². The highest BCUT2D eigenvalue weighted by atomic mass is 16.6. The average Bonchev–Trinajstić information content (AvgIpc) is 2.55. The third-order valence-corrected chi connectivity index (χ3v) is 3.46. The van der Waals surface area contributed by atoms with Crippen LogP contribution in [0.4, 0.5) is 0 Å². The van der Waals surface area contributed by atoms with Crippen molar-refractivity contribution in [3.8, 4) is 0 Å². The lowest BCUT2D eigenvalue weighted by Crippen LogP contribution is -2.33. The van der Waals surface area contributed by atoms with Crippen LogP contribution in [0.1, 0.15) is 27.7 Å². The van der Waals surface area contributed by atoms with E-state index in [0.29, 0.717) is 19.7 Å². The van der Waals surface area contributed by atoms with Gasteiger partial charge in [-0.3, -0.25) is 4.79 Å². The fourth-order valence-electron chi connectivity index (χ4n) is 1.87. The van der Waals surface area contributed by atoms with Gasteiger partial charge >= 0.3 is 0 Å². The Kier molecular flexibility index (Phi) is 11.9. The van der Waals surface area contributed by atoms with E-state index in [1.54, 1.807) is 21.3 Å². The van der Waals surface area contributed by atoms with Crippen LogP contribution in [0, 0.1) is 0 Å². The summed E-state index contributed by atoms with van der Waals surface area (Å²) in [6.07, 6.45) is 3.32. The molecular formula is C18H34O7. The van der Waals surface area contributed by atoms with Crippen LogP contribution in [0.15, 0.2) is 12.2 Å². The smallest absolute Gasteiger partial charge is 0.293 e. The lowest BCUT2D eigenvalue weighted by atomic mass is 10.0. The molecule has 0 rings (SSSR count). The number of carbonyl (C=O) groups is 1. The Morgan fingerprint density at radius 2 is 1.20 bits per heavy atom. The molecule has 2 atom stereocenters. The van der Waals surface area contributed by atoms with Crippen LogP contribution >= 0.6 is 0 Å². The van der Waals surface area contributed by atoms with Gasteiger partial charge in [-0.05, 0) is 27.7 Å². The minimum Gasteiger partial charge on any atom is -0.460 e. The highest BCUT2D eigenvalue weighted by molar-refractivity contribution is 5.37. The van der Waals surface area contributed by atoms with Crippen molar-refractivity contribution in [3.05, 3.63) is 12.2 Å². The summed E-state index contributed by atoms with van der Waals surface area (Å²) in [6, 6.07) is 0. The van der Waals surface area contributed by atoms with Gasteiger partial charge in [0.2, 0.25) is 0 Å². The third-order valence-electron chi connectivity index (χ3n) is 3.46. The Morgan fingerprint density at radius 3 is 1.60 bits per heavy atom. The van der Waals surface area contributed by atoms with Crippen molar-refractivity contribution in [3.63, 3.8) is 0 Å². The van der Waals surface area contributed by atoms with Crippen LogP contribution in [0.3, 0.4) is 0 Å². The molecule has 0 aromatic carbocycles. The van der Waals surface area contributed by atoms with E-state index in [0.717, 1.165) is 0 Å². The number of rotatable bonds is 15. The van der Waals surface area contributed by atoms with Gasteiger partial charge in [0.1, 0.15) is 12.2 Å². The molecule has 0 fully saturated rings. The molecule has 0 aliphatic rings. The maximum Gasteiger partial charge on any atom is 0.293 e. The molecule has 2 unspecified atom stereocenters. The summed E-state index contributed by atoms with van der Waals surface area (Å²) in [4.78, 5) is 10.5. The summed E-state index contributed by atoms with van der Waals surface area (Å²) in [7, 11) is 4.80. The Morgan fingerprint density at radius 1 is 0.760 bits per heavy atom. The first-order valence-corrected chi connectivity index (χ1v) is 8.27. The molecule has 0 bridgehead atoms. The molecule has 0 saturated heterocycles. The highest BCUT2D eigenvalue weighted by Gasteiger charge is 2.22. The molecule has 0 radical (unpaired) electrons. The standard InChI is InChI=1S/C18H34O7/c1-17(2,24-12-15(22-7)10-20-5)8-9-18(3,4)25-13-16(11-21-6)23-14-19/h8-9,14-16H,10-13H2,1-7H3/b9-8+. The van der Waals surface area contributed by atoms with Crippen molar-refractivity contribution in [2.45, 2.75) is 51.1 Å². The number of ether oxygens (including phenoxy) is 6. The summed E-state index contributed by atoms with van der Waals surface area (Å²) in [5.74, 6) is 0. The van der Waals surface area contributed by atoms with Gasteiger partial charge < -0.3 is 28.4 Å². The quantitative estimate of drug-likeness (QED) is 0.326. The van der Waals surface area contributed by atoms with E-state index in [1.807, 2.05) is 39.8 Å². The van der Waals surface area contributed by atoms with E-state index >= 15 is 0 Å². The van der Waals surface area contributed by atoms with Crippen LogP contribution in [0.5, 0.6) is 0 Å². The Balaban J connectivity index is 4.54. The van der Waals surface area contributed by atoms with Crippen LogP contribution in [0.2, 0.25) is 0 Å². The average molecular weight is 362 g/mol. The Hall–Kier alpha value is -0.990. The zero-order chi connectivity index (χ0) is 19.3. The SMILES string of the molecule is COCC(COC(C)(C)/C=C/C(C)(C)OCC(COC)OC=O)OC. The molecular weight excluding hydrogens is 328 g/mol. The summed E-state index contributed by atoms with van der Waals surface area (Å²) >= 11 is 0. The van der Waals surface area contributed by atoms with E-state index in [-0.39, 0.29) is 19.3 Å². The second kappa shape index (κ2) is 12.4. The monoisotopic (exact) mass is 362 g/mol. The van der Waals surface area contributed by atoms with Crippen molar-refractivity contribution < 1.29 is 33.2 Å². The normalized spacial score (nSPS) is 15.3. The van der Waals surface area contributed by atoms with E-state index in [2.05, 4.69) is 0 Å². The zero-order valence-corrected chi connectivity index (χ0v) is 16.6. The molecule has 0 aromatic rings.